The monoisotopic (exact) mass is 639 g/mol. The van der Waals surface area contributed by atoms with Crippen molar-refractivity contribution in [1.82, 2.24) is 10.2 Å². The molecule has 8 nitrogen and oxygen atoms in total. The first kappa shape index (κ1) is 32.5. The van der Waals surface area contributed by atoms with Crippen molar-refractivity contribution in [2.45, 2.75) is 50.7 Å². The molecule has 0 saturated carbocycles. The summed E-state index contributed by atoms with van der Waals surface area (Å²) < 4.78 is 34.3. The predicted molar refractivity (Wildman–Crippen MR) is 163 cm³/mol. The number of benzene rings is 3. The second kappa shape index (κ2) is 14.3. The highest BCUT2D eigenvalue weighted by Crippen LogP contribution is 2.35. The van der Waals surface area contributed by atoms with Crippen LogP contribution in [0.25, 0.3) is 0 Å². The fourth-order valence-electron chi connectivity index (χ4n) is 4.23. The number of amides is 2. The number of rotatable bonds is 12. The fraction of sp³-hybridized carbons (Fsp3) is 0.310. The van der Waals surface area contributed by atoms with Crippen molar-refractivity contribution in [2.75, 3.05) is 18.0 Å². The van der Waals surface area contributed by atoms with Crippen LogP contribution < -0.4 is 14.4 Å². The molecule has 0 radical (unpaired) electrons. The van der Waals surface area contributed by atoms with Crippen LogP contribution in [-0.4, -0.2) is 50.9 Å². The zero-order valence-electron chi connectivity index (χ0n) is 23.1. The molecular formula is C29H32Cl3N3O5S. The lowest BCUT2D eigenvalue weighted by molar-refractivity contribution is -0.140. The van der Waals surface area contributed by atoms with E-state index in [1.54, 1.807) is 49.4 Å². The molecule has 3 aromatic carbocycles. The van der Waals surface area contributed by atoms with E-state index in [1.165, 1.54) is 36.3 Å². The van der Waals surface area contributed by atoms with Gasteiger partial charge >= 0.3 is 0 Å². The topological polar surface area (TPSA) is 96.0 Å². The van der Waals surface area contributed by atoms with E-state index < -0.39 is 28.5 Å². The summed E-state index contributed by atoms with van der Waals surface area (Å²) in [6.45, 7) is 4.75. The van der Waals surface area contributed by atoms with Gasteiger partial charge in [0.2, 0.25) is 11.8 Å². The van der Waals surface area contributed by atoms with Gasteiger partial charge in [0.25, 0.3) is 10.0 Å². The van der Waals surface area contributed by atoms with Crippen molar-refractivity contribution in [3.05, 3.63) is 87.4 Å². The molecule has 41 heavy (non-hydrogen) atoms. The Morgan fingerprint density at radius 2 is 1.63 bits per heavy atom. The number of sulfonamides is 1. The van der Waals surface area contributed by atoms with Gasteiger partial charge in [0.05, 0.1) is 27.7 Å². The van der Waals surface area contributed by atoms with Gasteiger partial charge in [-0.15, -0.1) is 0 Å². The van der Waals surface area contributed by atoms with Gasteiger partial charge in [-0.25, -0.2) is 8.42 Å². The number of hydrogen-bond donors (Lipinski definition) is 1. The summed E-state index contributed by atoms with van der Waals surface area (Å²) in [4.78, 5) is 28.7. The standard InChI is InChI=1S/C29H32Cl3N3O5S/c1-5-25(29(37)33-19(2)3)34(17-20-11-13-23(31)24(32)15-20)28(36)18-35(26-16-21(30)12-14-27(26)40-4)41(38,39)22-9-7-6-8-10-22/h6-16,19,25H,5,17-18H2,1-4H3,(H,33,37)/t25-/m0/s1. The molecule has 12 heteroatoms. The Bertz CT molecular complexity index is 1490. The van der Waals surface area contributed by atoms with Gasteiger partial charge in [0.1, 0.15) is 18.3 Å². The smallest absolute Gasteiger partial charge is 0.264 e. The number of halogens is 3. The van der Waals surface area contributed by atoms with Gasteiger partial charge in [-0.1, -0.05) is 66.0 Å². The molecule has 3 rings (SSSR count). The summed E-state index contributed by atoms with van der Waals surface area (Å²) in [5, 5.41) is 3.72. The molecule has 0 spiro atoms. The number of carbonyl (C=O) groups excluding carboxylic acids is 2. The third kappa shape index (κ3) is 8.07. The van der Waals surface area contributed by atoms with Gasteiger partial charge in [0.15, 0.2) is 0 Å². The first-order chi connectivity index (χ1) is 19.4. The van der Waals surface area contributed by atoms with Gasteiger partial charge in [-0.2, -0.15) is 0 Å². The molecule has 220 valence electrons. The first-order valence-electron chi connectivity index (χ1n) is 12.8. The average Bonchev–Trinajstić information content (AvgIpc) is 2.93. The van der Waals surface area contributed by atoms with Gasteiger partial charge in [-0.05, 0) is 68.3 Å². The van der Waals surface area contributed by atoms with Crippen LogP contribution in [-0.2, 0) is 26.2 Å². The van der Waals surface area contributed by atoms with E-state index in [0.717, 1.165) is 4.31 Å². The van der Waals surface area contributed by atoms with E-state index in [0.29, 0.717) is 10.6 Å². The van der Waals surface area contributed by atoms with E-state index in [1.807, 2.05) is 13.8 Å². The van der Waals surface area contributed by atoms with Gasteiger partial charge in [0, 0.05) is 17.6 Å². The third-order valence-electron chi connectivity index (χ3n) is 6.17. The number of ether oxygens (including phenoxy) is 1. The normalized spacial score (nSPS) is 12.1. The Morgan fingerprint density at radius 3 is 2.22 bits per heavy atom. The zero-order chi connectivity index (χ0) is 30.3. The van der Waals surface area contributed by atoms with Crippen LogP contribution in [0.5, 0.6) is 5.75 Å². The summed E-state index contributed by atoms with van der Waals surface area (Å²) in [5.41, 5.74) is 0.688. The SMILES string of the molecule is CC[C@@H](C(=O)NC(C)C)N(Cc1ccc(Cl)c(Cl)c1)C(=O)CN(c1cc(Cl)ccc1OC)S(=O)(=O)c1ccccc1. The average molecular weight is 641 g/mol. The molecule has 0 aliphatic carbocycles. The van der Waals surface area contributed by atoms with Gasteiger partial charge in [-0.3, -0.25) is 13.9 Å². The Morgan fingerprint density at radius 1 is 0.951 bits per heavy atom. The van der Waals surface area contributed by atoms with Crippen molar-refractivity contribution >= 4 is 62.3 Å². The molecule has 0 aliphatic heterocycles. The lowest BCUT2D eigenvalue weighted by Crippen LogP contribution is -2.53. The minimum Gasteiger partial charge on any atom is -0.495 e. The Hall–Kier alpha value is -2.98. The van der Waals surface area contributed by atoms with E-state index in [-0.39, 0.29) is 51.3 Å². The Labute approximate surface area is 256 Å². The van der Waals surface area contributed by atoms with E-state index in [9.17, 15) is 18.0 Å². The maximum Gasteiger partial charge on any atom is 0.264 e. The van der Waals surface area contributed by atoms with Crippen LogP contribution >= 0.6 is 34.8 Å². The maximum atomic E-state index is 14.1. The van der Waals surface area contributed by atoms with Crippen molar-refractivity contribution in [3.8, 4) is 5.75 Å². The first-order valence-corrected chi connectivity index (χ1v) is 15.4. The summed E-state index contributed by atoms with van der Waals surface area (Å²) in [6, 6.07) is 16.0. The van der Waals surface area contributed by atoms with Crippen molar-refractivity contribution in [1.29, 1.82) is 0 Å². The van der Waals surface area contributed by atoms with Crippen LogP contribution in [0.1, 0.15) is 32.8 Å². The zero-order valence-corrected chi connectivity index (χ0v) is 26.2. The molecule has 1 N–H and O–H groups in total. The number of methoxy groups -OCH3 is 1. The number of nitrogens with one attached hydrogen (secondary N) is 1. The summed E-state index contributed by atoms with van der Waals surface area (Å²) in [5.74, 6) is -0.792. The number of nitrogens with zero attached hydrogens (tertiary/aromatic N) is 2. The Kier molecular flexibility index (Phi) is 11.3. The fourth-order valence-corrected chi connectivity index (χ4v) is 6.15. The molecule has 0 heterocycles. The molecule has 0 fully saturated rings. The second-order valence-corrected chi connectivity index (χ2v) is 12.6. The summed E-state index contributed by atoms with van der Waals surface area (Å²) in [6.07, 6.45) is 0.275. The number of hydrogen-bond acceptors (Lipinski definition) is 5. The lowest BCUT2D eigenvalue weighted by Gasteiger charge is -2.34. The van der Waals surface area contributed by atoms with Gasteiger partial charge < -0.3 is 15.0 Å². The van der Waals surface area contributed by atoms with Crippen LogP contribution in [0.15, 0.2) is 71.6 Å². The maximum absolute atomic E-state index is 14.1. The molecule has 2 amide bonds. The van der Waals surface area contributed by atoms with Crippen molar-refractivity contribution in [3.63, 3.8) is 0 Å². The van der Waals surface area contributed by atoms with E-state index >= 15 is 0 Å². The lowest BCUT2D eigenvalue weighted by atomic mass is 10.1. The molecule has 0 saturated heterocycles. The second-order valence-electron chi connectivity index (χ2n) is 9.50. The minimum atomic E-state index is -4.28. The molecule has 0 unspecified atom stereocenters. The van der Waals surface area contributed by atoms with Crippen molar-refractivity contribution < 1.29 is 22.7 Å². The van der Waals surface area contributed by atoms with E-state index in [2.05, 4.69) is 5.32 Å². The highest BCUT2D eigenvalue weighted by atomic mass is 35.5. The van der Waals surface area contributed by atoms with Crippen LogP contribution in [0.3, 0.4) is 0 Å². The molecular weight excluding hydrogens is 609 g/mol. The largest absolute Gasteiger partial charge is 0.495 e. The highest BCUT2D eigenvalue weighted by Gasteiger charge is 2.35. The quantitative estimate of drug-likeness (QED) is 0.255. The summed E-state index contributed by atoms with van der Waals surface area (Å²) >= 11 is 18.6. The molecule has 1 atom stereocenters. The molecule has 3 aromatic rings. The molecule has 0 aliphatic rings. The molecule has 0 aromatic heterocycles. The summed E-state index contributed by atoms with van der Waals surface area (Å²) in [7, 11) is -2.89. The molecule has 0 bridgehead atoms. The number of anilines is 1. The number of carbonyl (C=O) groups is 2. The van der Waals surface area contributed by atoms with Crippen LogP contribution in [0.4, 0.5) is 5.69 Å². The third-order valence-corrected chi connectivity index (χ3v) is 8.92. The van der Waals surface area contributed by atoms with Crippen molar-refractivity contribution in [2.24, 2.45) is 0 Å². The minimum absolute atomic E-state index is 0.0222. The predicted octanol–water partition coefficient (Wildman–Crippen LogP) is 6.18. The van der Waals surface area contributed by atoms with Crippen LogP contribution in [0, 0.1) is 0 Å². The van der Waals surface area contributed by atoms with E-state index in [4.69, 9.17) is 39.5 Å². The highest BCUT2D eigenvalue weighted by molar-refractivity contribution is 7.92. The van der Waals surface area contributed by atoms with Crippen LogP contribution in [0.2, 0.25) is 15.1 Å². The Balaban J connectivity index is 2.13.